The molecule has 1 heterocycles. The van der Waals surface area contributed by atoms with E-state index in [1.54, 1.807) is 6.07 Å². The molecule has 8 nitrogen and oxygen atoms in total. The summed E-state index contributed by atoms with van der Waals surface area (Å²) in [6.07, 6.45) is 0. The highest BCUT2D eigenvalue weighted by Crippen LogP contribution is 2.40. The number of amides is 1. The number of hydrogen-bond acceptors (Lipinski definition) is 7. The molecule has 1 aromatic heterocycles. The zero-order chi connectivity index (χ0) is 22.9. The summed E-state index contributed by atoms with van der Waals surface area (Å²) in [5, 5.41) is 13.3. The van der Waals surface area contributed by atoms with Gasteiger partial charge < -0.3 is 15.2 Å². The first-order chi connectivity index (χ1) is 14.5. The van der Waals surface area contributed by atoms with Gasteiger partial charge in [-0.3, -0.25) is 4.79 Å². The van der Waals surface area contributed by atoms with Crippen LogP contribution >= 0.6 is 46.3 Å². The smallest absolute Gasteiger partial charge is 0.289 e. The molecule has 0 spiro atoms. The summed E-state index contributed by atoms with van der Waals surface area (Å²) in [4.78, 5) is 15.2. The third kappa shape index (κ3) is 5.16. The third-order valence-electron chi connectivity index (χ3n) is 3.74. The Balaban J connectivity index is 1.94. The second kappa shape index (κ2) is 9.09. The topological polar surface area (TPSA) is 109 Å². The Kier molecular flexibility index (Phi) is 6.87. The second-order valence-electron chi connectivity index (χ2n) is 6.12. The van der Waals surface area contributed by atoms with Gasteiger partial charge in [0.1, 0.15) is 5.75 Å². The molecule has 0 unspecified atom stereocenters. The molecule has 0 fully saturated rings. The van der Waals surface area contributed by atoms with Gasteiger partial charge in [0.15, 0.2) is 20.8 Å². The van der Waals surface area contributed by atoms with Gasteiger partial charge in [0, 0.05) is 29.8 Å². The van der Waals surface area contributed by atoms with Crippen LogP contribution in [0, 0.1) is 6.92 Å². The zero-order valence-electron chi connectivity index (χ0n) is 15.9. The molecule has 0 aliphatic rings. The second-order valence-corrected chi connectivity index (χ2v) is 10.5. The van der Waals surface area contributed by atoms with Crippen molar-refractivity contribution in [2.24, 2.45) is 0 Å². The zero-order valence-corrected chi connectivity index (χ0v) is 19.8. The van der Waals surface area contributed by atoms with Crippen molar-refractivity contribution in [3.63, 3.8) is 0 Å². The number of ether oxygens (including phenoxy) is 1. The summed E-state index contributed by atoms with van der Waals surface area (Å²) in [7, 11) is -4.23. The Morgan fingerprint density at radius 3 is 2.55 bits per heavy atom. The molecule has 31 heavy (non-hydrogen) atoms. The van der Waals surface area contributed by atoms with Crippen LogP contribution < -0.4 is 13.9 Å². The predicted molar refractivity (Wildman–Crippen MR) is 121 cm³/mol. The number of halogens is 3. The van der Waals surface area contributed by atoms with Gasteiger partial charge >= 0.3 is 0 Å². The van der Waals surface area contributed by atoms with Crippen molar-refractivity contribution < 1.29 is 23.1 Å². The number of thiazole rings is 1. The highest BCUT2D eigenvalue weighted by atomic mass is 35.5. The minimum atomic E-state index is -4.23. The Hall–Kier alpha value is -2.24. The lowest BCUT2D eigenvalue weighted by molar-refractivity contribution is -0.114. The molecule has 0 bridgehead atoms. The van der Waals surface area contributed by atoms with Crippen LogP contribution in [0.4, 0.5) is 10.8 Å². The van der Waals surface area contributed by atoms with Crippen LogP contribution in [0.2, 0.25) is 10.0 Å². The fraction of sp³-hybridized carbons (Fsp3) is 0.111. The van der Waals surface area contributed by atoms with Crippen LogP contribution in [0.15, 0.2) is 40.6 Å². The van der Waals surface area contributed by atoms with E-state index in [0.717, 1.165) is 11.3 Å². The minimum absolute atomic E-state index is 0.00608. The predicted octanol–water partition coefficient (Wildman–Crippen LogP) is 5.56. The quantitative estimate of drug-likeness (QED) is 0.410. The van der Waals surface area contributed by atoms with E-state index in [0.29, 0.717) is 8.85 Å². The standard InChI is InChI=1S/C18H14Cl3N3O5S2/c1-9-17(30-18(22-9)23-10(2)25)31(27,28)24(21)12-4-5-14(26)16(8-12)29-15-6-3-11(19)7-13(15)20/h3-8,26H,1-2H3,(H,22,23,25). The number of anilines is 2. The Bertz CT molecular complexity index is 1260. The number of aromatic hydroxyl groups is 1. The number of benzene rings is 2. The highest BCUT2D eigenvalue weighted by molar-refractivity contribution is 7.96. The van der Waals surface area contributed by atoms with Gasteiger partial charge in [0.25, 0.3) is 10.0 Å². The number of phenolic OH excluding ortho intramolecular Hbond substituents is 1. The van der Waals surface area contributed by atoms with E-state index < -0.39 is 10.0 Å². The highest BCUT2D eigenvalue weighted by Gasteiger charge is 2.30. The van der Waals surface area contributed by atoms with E-state index in [-0.39, 0.29) is 48.9 Å². The molecule has 0 saturated heterocycles. The van der Waals surface area contributed by atoms with E-state index in [4.69, 9.17) is 39.7 Å². The number of phenols is 1. The van der Waals surface area contributed by atoms with Crippen LogP contribution in [0.5, 0.6) is 17.2 Å². The average molecular weight is 523 g/mol. The number of rotatable bonds is 6. The average Bonchev–Trinajstić information content (AvgIpc) is 3.05. The molecule has 3 aromatic rings. The summed E-state index contributed by atoms with van der Waals surface area (Å²) in [6, 6.07) is 8.24. The van der Waals surface area contributed by atoms with Gasteiger partial charge in [-0.2, -0.15) is 12.2 Å². The SMILES string of the molecule is CC(=O)Nc1nc(C)c(S(=O)(=O)N(Cl)c2ccc(O)c(Oc3ccc(Cl)cc3Cl)c2)s1. The molecule has 0 saturated carbocycles. The fourth-order valence-electron chi connectivity index (χ4n) is 2.41. The molecule has 0 atom stereocenters. The van der Waals surface area contributed by atoms with Crippen molar-refractivity contribution >= 4 is 73.1 Å². The molecule has 0 aliphatic carbocycles. The van der Waals surface area contributed by atoms with Crippen molar-refractivity contribution in [3.8, 4) is 17.2 Å². The lowest BCUT2D eigenvalue weighted by Crippen LogP contribution is -2.21. The first kappa shape index (κ1) is 23.4. The van der Waals surface area contributed by atoms with E-state index in [1.807, 2.05) is 0 Å². The van der Waals surface area contributed by atoms with Crippen molar-refractivity contribution in [3.05, 3.63) is 52.1 Å². The molecule has 2 aromatic carbocycles. The van der Waals surface area contributed by atoms with Gasteiger partial charge in [-0.15, -0.1) is 0 Å². The van der Waals surface area contributed by atoms with Crippen molar-refractivity contribution in [2.75, 3.05) is 9.14 Å². The number of nitrogens with one attached hydrogen (secondary N) is 1. The third-order valence-corrected chi connectivity index (χ3v) is 8.16. The van der Waals surface area contributed by atoms with Crippen LogP contribution in [0.1, 0.15) is 12.6 Å². The molecule has 164 valence electrons. The first-order valence-corrected chi connectivity index (χ1v) is 11.8. The number of carbonyl (C=O) groups excluding carboxylic acids is 1. The normalized spacial score (nSPS) is 11.3. The maximum atomic E-state index is 13.0. The summed E-state index contributed by atoms with van der Waals surface area (Å²) >= 11 is 18.9. The van der Waals surface area contributed by atoms with Crippen LogP contribution in [0.25, 0.3) is 0 Å². The number of aryl methyl sites for hydroxylation is 1. The molecule has 0 radical (unpaired) electrons. The van der Waals surface area contributed by atoms with Gasteiger partial charge in [-0.05, 0) is 37.3 Å². The molecule has 1 amide bonds. The monoisotopic (exact) mass is 521 g/mol. The number of sulfonamides is 1. The van der Waals surface area contributed by atoms with Gasteiger partial charge in [-0.1, -0.05) is 34.5 Å². The number of hydrogen-bond donors (Lipinski definition) is 2. The van der Waals surface area contributed by atoms with E-state index >= 15 is 0 Å². The Labute approximate surface area is 197 Å². The lowest BCUT2D eigenvalue weighted by atomic mass is 10.3. The summed E-state index contributed by atoms with van der Waals surface area (Å²) < 4.78 is 32.0. The maximum absolute atomic E-state index is 13.0. The molecule has 2 N–H and O–H groups in total. The summed E-state index contributed by atoms with van der Waals surface area (Å²) in [5.41, 5.74) is 0.163. The fourth-order valence-corrected chi connectivity index (χ4v) is 5.87. The number of carbonyl (C=O) groups is 1. The van der Waals surface area contributed by atoms with Gasteiger partial charge in [-0.25, -0.2) is 4.98 Å². The number of nitrogens with zero attached hydrogens (tertiary/aromatic N) is 2. The van der Waals surface area contributed by atoms with Crippen LogP contribution in [-0.2, 0) is 14.8 Å². The van der Waals surface area contributed by atoms with Gasteiger partial charge in [0.2, 0.25) is 5.91 Å². The van der Waals surface area contributed by atoms with E-state index in [9.17, 15) is 18.3 Å². The largest absolute Gasteiger partial charge is 0.504 e. The lowest BCUT2D eigenvalue weighted by Gasteiger charge is -2.17. The summed E-state index contributed by atoms with van der Waals surface area (Å²) in [5.74, 6) is -0.538. The maximum Gasteiger partial charge on any atom is 0.289 e. The molecular formula is C18H14Cl3N3O5S2. The molecular weight excluding hydrogens is 509 g/mol. The summed E-state index contributed by atoms with van der Waals surface area (Å²) in [6.45, 7) is 2.76. The Morgan fingerprint density at radius 2 is 1.90 bits per heavy atom. The van der Waals surface area contributed by atoms with Crippen molar-refractivity contribution in [1.29, 1.82) is 0 Å². The van der Waals surface area contributed by atoms with Crippen molar-refractivity contribution in [2.45, 2.75) is 18.1 Å². The molecule has 0 aliphatic heterocycles. The first-order valence-electron chi connectivity index (χ1n) is 8.41. The van der Waals surface area contributed by atoms with Gasteiger partial charge in [0.05, 0.1) is 16.4 Å². The molecule has 13 heteroatoms. The van der Waals surface area contributed by atoms with E-state index in [2.05, 4.69) is 10.3 Å². The van der Waals surface area contributed by atoms with E-state index in [1.165, 1.54) is 44.2 Å². The minimum Gasteiger partial charge on any atom is -0.504 e. The van der Waals surface area contributed by atoms with Crippen LogP contribution in [0.3, 0.4) is 0 Å². The van der Waals surface area contributed by atoms with Crippen LogP contribution in [-0.4, -0.2) is 24.4 Å². The molecule has 3 rings (SSSR count). The van der Waals surface area contributed by atoms with Crippen molar-refractivity contribution in [1.82, 2.24) is 4.98 Å². The Morgan fingerprint density at radius 1 is 1.19 bits per heavy atom. The number of aromatic nitrogens is 1.